The number of aromatic nitrogens is 2. The summed E-state index contributed by atoms with van der Waals surface area (Å²) in [4.78, 5) is 12.0. The molecule has 1 heterocycles. The summed E-state index contributed by atoms with van der Waals surface area (Å²) < 4.78 is 30.3. The highest BCUT2D eigenvalue weighted by atomic mass is 19.3. The van der Waals surface area contributed by atoms with Gasteiger partial charge in [0, 0.05) is 23.9 Å². The predicted molar refractivity (Wildman–Crippen MR) is 74.3 cm³/mol. The number of ether oxygens (including phenoxy) is 1. The van der Waals surface area contributed by atoms with Gasteiger partial charge >= 0.3 is 6.61 Å². The van der Waals surface area contributed by atoms with Gasteiger partial charge < -0.3 is 4.74 Å². The average molecular weight is 292 g/mol. The molecule has 1 aromatic heterocycles. The molecule has 4 nitrogen and oxygen atoms in total. The highest BCUT2D eigenvalue weighted by molar-refractivity contribution is 6.07. The molecule has 0 fully saturated rings. The second-order valence-corrected chi connectivity index (χ2v) is 4.23. The van der Waals surface area contributed by atoms with Gasteiger partial charge in [-0.15, -0.1) is 0 Å². The van der Waals surface area contributed by atoms with Crippen molar-refractivity contribution in [1.29, 1.82) is 0 Å². The average Bonchev–Trinajstić information content (AvgIpc) is 2.92. The summed E-state index contributed by atoms with van der Waals surface area (Å²) in [6.45, 7) is -0.208. The smallest absolute Gasteiger partial charge is 0.387 e. The summed E-state index contributed by atoms with van der Waals surface area (Å²) in [6.07, 6.45) is 6.45. The first-order valence-corrected chi connectivity index (χ1v) is 6.38. The Morgan fingerprint density at radius 3 is 2.95 bits per heavy atom. The van der Waals surface area contributed by atoms with E-state index in [1.807, 2.05) is 6.92 Å². The topological polar surface area (TPSA) is 44.1 Å². The Bertz CT molecular complexity index is 651. The molecule has 0 amide bonds. The molecule has 0 aliphatic heterocycles. The lowest BCUT2D eigenvalue weighted by atomic mass is 10.1. The van der Waals surface area contributed by atoms with E-state index in [1.54, 1.807) is 29.2 Å². The molecule has 0 N–H and O–H groups in total. The number of aryl methyl sites for hydroxylation is 1. The fourth-order valence-corrected chi connectivity index (χ4v) is 1.73. The van der Waals surface area contributed by atoms with Gasteiger partial charge in [-0.3, -0.25) is 9.48 Å². The Kier molecular flexibility index (Phi) is 4.81. The molecule has 0 aliphatic rings. The van der Waals surface area contributed by atoms with Gasteiger partial charge in [-0.2, -0.15) is 13.9 Å². The minimum atomic E-state index is -2.91. The van der Waals surface area contributed by atoms with Crippen molar-refractivity contribution >= 4 is 11.9 Å². The van der Waals surface area contributed by atoms with Crippen LogP contribution in [0.15, 0.2) is 42.7 Å². The SMILES string of the molecule is CCn1cc(/C=C/C(=O)c2cccc(OC(F)F)c2)cn1. The number of ketones is 1. The van der Waals surface area contributed by atoms with E-state index in [0.717, 1.165) is 12.1 Å². The van der Waals surface area contributed by atoms with Crippen LogP contribution in [0.4, 0.5) is 8.78 Å². The summed E-state index contributed by atoms with van der Waals surface area (Å²) in [5.41, 5.74) is 1.08. The van der Waals surface area contributed by atoms with Crippen LogP contribution in [0.3, 0.4) is 0 Å². The quantitative estimate of drug-likeness (QED) is 0.605. The highest BCUT2D eigenvalue weighted by Crippen LogP contribution is 2.17. The van der Waals surface area contributed by atoms with Crippen molar-refractivity contribution in [2.75, 3.05) is 0 Å². The van der Waals surface area contributed by atoms with Crippen LogP contribution in [-0.2, 0) is 6.54 Å². The van der Waals surface area contributed by atoms with E-state index in [0.29, 0.717) is 0 Å². The Labute approximate surface area is 120 Å². The van der Waals surface area contributed by atoms with Gasteiger partial charge in [0.1, 0.15) is 5.75 Å². The number of halogens is 2. The van der Waals surface area contributed by atoms with Gasteiger partial charge in [0.2, 0.25) is 0 Å². The van der Waals surface area contributed by atoms with E-state index < -0.39 is 6.61 Å². The molecule has 21 heavy (non-hydrogen) atoms. The summed E-state index contributed by atoms with van der Waals surface area (Å²) in [5.74, 6) is -0.331. The monoisotopic (exact) mass is 292 g/mol. The van der Waals surface area contributed by atoms with Crippen molar-refractivity contribution in [3.63, 3.8) is 0 Å². The predicted octanol–water partition coefficient (Wildman–Crippen LogP) is 3.40. The van der Waals surface area contributed by atoms with Crippen LogP contribution < -0.4 is 4.74 Å². The van der Waals surface area contributed by atoms with Crippen LogP contribution in [0.1, 0.15) is 22.8 Å². The van der Waals surface area contributed by atoms with Gasteiger partial charge in [0.25, 0.3) is 0 Å². The normalized spacial score (nSPS) is 11.2. The molecule has 2 rings (SSSR count). The number of hydrogen-bond acceptors (Lipinski definition) is 3. The number of hydrogen-bond donors (Lipinski definition) is 0. The third kappa shape index (κ3) is 4.24. The maximum atomic E-state index is 12.1. The first-order valence-electron chi connectivity index (χ1n) is 6.38. The van der Waals surface area contributed by atoms with Crippen molar-refractivity contribution in [2.45, 2.75) is 20.1 Å². The third-order valence-corrected chi connectivity index (χ3v) is 2.75. The Balaban J connectivity index is 2.09. The first-order chi connectivity index (χ1) is 10.1. The Hall–Kier alpha value is -2.50. The van der Waals surface area contributed by atoms with Crippen molar-refractivity contribution < 1.29 is 18.3 Å². The molecule has 0 unspecified atom stereocenters. The minimum absolute atomic E-state index is 0.0388. The van der Waals surface area contributed by atoms with Crippen LogP contribution in [0.2, 0.25) is 0 Å². The molecule has 0 saturated carbocycles. The summed E-state index contributed by atoms with van der Waals surface area (Å²) in [6, 6.07) is 5.70. The molecule has 0 bridgehead atoms. The van der Waals surface area contributed by atoms with Crippen molar-refractivity contribution in [1.82, 2.24) is 9.78 Å². The lowest BCUT2D eigenvalue weighted by Crippen LogP contribution is -2.03. The molecule has 2 aromatic rings. The maximum Gasteiger partial charge on any atom is 0.387 e. The third-order valence-electron chi connectivity index (χ3n) is 2.75. The zero-order valence-electron chi connectivity index (χ0n) is 11.4. The second kappa shape index (κ2) is 6.78. The number of carbonyl (C=O) groups is 1. The Morgan fingerprint density at radius 2 is 2.29 bits per heavy atom. The van der Waals surface area contributed by atoms with E-state index >= 15 is 0 Å². The van der Waals surface area contributed by atoms with Crippen LogP contribution in [0, 0.1) is 0 Å². The van der Waals surface area contributed by atoms with E-state index in [-0.39, 0.29) is 17.1 Å². The molecule has 0 radical (unpaired) electrons. The van der Waals surface area contributed by atoms with Crippen LogP contribution >= 0.6 is 0 Å². The first kappa shape index (κ1) is 14.9. The second-order valence-electron chi connectivity index (χ2n) is 4.23. The van der Waals surface area contributed by atoms with Gasteiger partial charge in [0.05, 0.1) is 6.20 Å². The molecule has 0 spiro atoms. The molecule has 110 valence electrons. The molecule has 0 atom stereocenters. The van der Waals surface area contributed by atoms with Crippen molar-refractivity contribution in [3.8, 4) is 5.75 Å². The molecule has 6 heteroatoms. The van der Waals surface area contributed by atoms with Gasteiger partial charge in [-0.25, -0.2) is 0 Å². The zero-order chi connectivity index (χ0) is 15.2. The molecule has 0 saturated heterocycles. The molecule has 1 aromatic carbocycles. The number of nitrogens with zero attached hydrogens (tertiary/aromatic N) is 2. The van der Waals surface area contributed by atoms with E-state index in [9.17, 15) is 13.6 Å². The van der Waals surface area contributed by atoms with Crippen LogP contribution in [-0.4, -0.2) is 22.2 Å². The fourth-order valence-electron chi connectivity index (χ4n) is 1.73. The number of benzene rings is 1. The number of carbonyl (C=O) groups excluding carboxylic acids is 1. The van der Waals surface area contributed by atoms with Crippen LogP contribution in [0.5, 0.6) is 5.75 Å². The number of rotatable bonds is 6. The summed E-state index contributed by atoms with van der Waals surface area (Å²) in [5, 5.41) is 4.08. The van der Waals surface area contributed by atoms with Crippen molar-refractivity contribution in [2.24, 2.45) is 0 Å². The molecule has 0 aliphatic carbocycles. The molecular formula is C15H14F2N2O2. The lowest BCUT2D eigenvalue weighted by Gasteiger charge is -2.04. The standard InChI is InChI=1S/C15H14F2N2O2/c1-2-19-10-11(9-18-19)6-7-14(20)12-4-3-5-13(8-12)21-15(16)17/h3-10,15H,2H2,1H3/b7-6+. The van der Waals surface area contributed by atoms with E-state index in [1.165, 1.54) is 24.3 Å². The van der Waals surface area contributed by atoms with Crippen LogP contribution in [0.25, 0.3) is 6.08 Å². The number of allylic oxidation sites excluding steroid dienone is 1. The molecular weight excluding hydrogens is 278 g/mol. The van der Waals surface area contributed by atoms with E-state index in [4.69, 9.17) is 0 Å². The summed E-state index contributed by atoms with van der Waals surface area (Å²) >= 11 is 0. The van der Waals surface area contributed by atoms with E-state index in [2.05, 4.69) is 9.84 Å². The fraction of sp³-hybridized carbons (Fsp3) is 0.200. The minimum Gasteiger partial charge on any atom is -0.435 e. The summed E-state index contributed by atoms with van der Waals surface area (Å²) in [7, 11) is 0. The van der Waals surface area contributed by atoms with Gasteiger partial charge in [-0.05, 0) is 31.2 Å². The van der Waals surface area contributed by atoms with Crippen molar-refractivity contribution in [3.05, 3.63) is 53.9 Å². The Morgan fingerprint density at radius 1 is 1.48 bits per heavy atom. The largest absolute Gasteiger partial charge is 0.435 e. The van der Waals surface area contributed by atoms with Gasteiger partial charge in [0.15, 0.2) is 5.78 Å². The number of alkyl halides is 2. The maximum absolute atomic E-state index is 12.1. The lowest BCUT2D eigenvalue weighted by molar-refractivity contribution is -0.0498. The van der Waals surface area contributed by atoms with Gasteiger partial charge in [-0.1, -0.05) is 12.1 Å². The zero-order valence-corrected chi connectivity index (χ0v) is 11.4. The highest BCUT2D eigenvalue weighted by Gasteiger charge is 2.07.